The van der Waals surface area contributed by atoms with Crippen LogP contribution in [0.25, 0.3) is 6.08 Å². The fraction of sp³-hybridized carbons (Fsp3) is 0.559. The Kier molecular flexibility index (Phi) is 6.10. The highest BCUT2D eigenvalue weighted by atomic mass is 16.5. The van der Waals surface area contributed by atoms with Gasteiger partial charge in [-0.05, 0) is 87.1 Å². The molecule has 2 heterocycles. The fourth-order valence-corrected chi connectivity index (χ4v) is 8.59. The third-order valence-electron chi connectivity index (χ3n) is 10.4. The highest BCUT2D eigenvalue weighted by Crippen LogP contribution is 2.66. The van der Waals surface area contributed by atoms with Crippen LogP contribution in [0.15, 0.2) is 42.5 Å². The van der Waals surface area contributed by atoms with Crippen molar-refractivity contribution in [3.05, 3.63) is 64.7 Å². The molecule has 2 N–H and O–H groups in total. The summed E-state index contributed by atoms with van der Waals surface area (Å²) in [5, 5.41) is 23.8. The number of nitrogens with zero attached hydrogens (tertiary/aromatic N) is 2. The lowest BCUT2D eigenvalue weighted by Crippen LogP contribution is -2.78. The maximum Gasteiger partial charge on any atom is 0.246 e. The molecule has 6 nitrogen and oxygen atoms in total. The Morgan fingerprint density at radius 3 is 2.77 bits per heavy atom. The molecule has 2 bridgehead atoms. The average molecular weight is 543 g/mol. The molecule has 0 aromatic heterocycles. The first-order valence-corrected chi connectivity index (χ1v) is 15.2. The molecular formula is C34H42N2O4. The zero-order valence-electron chi connectivity index (χ0n) is 24.0. The summed E-state index contributed by atoms with van der Waals surface area (Å²) >= 11 is 0. The van der Waals surface area contributed by atoms with Crippen molar-refractivity contribution < 1.29 is 19.7 Å². The van der Waals surface area contributed by atoms with E-state index in [0.717, 1.165) is 48.5 Å². The first-order chi connectivity index (χ1) is 19.2. The predicted octanol–water partition coefficient (Wildman–Crippen LogP) is 4.83. The molecule has 2 aromatic carbocycles. The molecule has 0 radical (unpaired) electrons. The zero-order valence-corrected chi connectivity index (χ0v) is 24.0. The van der Waals surface area contributed by atoms with Crippen LogP contribution in [-0.4, -0.2) is 69.3 Å². The summed E-state index contributed by atoms with van der Waals surface area (Å²) in [5.74, 6) is 1.69. The van der Waals surface area contributed by atoms with Crippen LogP contribution in [-0.2, 0) is 16.6 Å². The van der Waals surface area contributed by atoms with Crippen molar-refractivity contribution >= 4 is 12.0 Å². The first-order valence-electron chi connectivity index (χ1n) is 15.2. The standard InChI is InChI=1S/C34H42N2O4/c1-21(2)19-36(29(38)12-9-23-6-4-5-22(3)17-23)26-13-14-34(39)28-18-25-10-11-27(37)31-30(25)33(34,32(26)40-31)15-16-35(28)20-24-7-8-24/h4-6,9-12,17,21,24,26,28,32,37,39H,7-8,13-16,18-20H2,1-3H3/b12-9+/t26-,28-,32+,33+,34-/m1/s1. The number of carbonyl (C=O) groups excluding carboxylic acids is 1. The second-order valence-corrected chi connectivity index (χ2v) is 13.5. The number of aliphatic hydroxyl groups is 1. The van der Waals surface area contributed by atoms with Gasteiger partial charge in [0.25, 0.3) is 0 Å². The number of phenolic OH excluding ortho intramolecular Hbond substituents is 1. The van der Waals surface area contributed by atoms with Gasteiger partial charge in [-0.15, -0.1) is 0 Å². The Labute approximate surface area is 237 Å². The van der Waals surface area contributed by atoms with E-state index in [4.69, 9.17) is 4.74 Å². The minimum absolute atomic E-state index is 0.0235. The van der Waals surface area contributed by atoms with Crippen LogP contribution >= 0.6 is 0 Å². The Morgan fingerprint density at radius 2 is 2.02 bits per heavy atom. The molecule has 2 saturated carbocycles. The quantitative estimate of drug-likeness (QED) is 0.491. The molecule has 1 amide bonds. The van der Waals surface area contributed by atoms with Crippen molar-refractivity contribution in [2.24, 2.45) is 11.8 Å². The minimum atomic E-state index is -0.947. The van der Waals surface area contributed by atoms with E-state index in [1.54, 1.807) is 12.1 Å². The van der Waals surface area contributed by atoms with E-state index < -0.39 is 17.1 Å². The summed E-state index contributed by atoms with van der Waals surface area (Å²) < 4.78 is 6.76. The lowest BCUT2D eigenvalue weighted by molar-refractivity contribution is -0.201. The van der Waals surface area contributed by atoms with Crippen molar-refractivity contribution in [1.82, 2.24) is 9.80 Å². The number of phenols is 1. The number of piperidine rings is 1. The van der Waals surface area contributed by atoms with Crippen LogP contribution in [0.2, 0.25) is 0 Å². The number of carbonyl (C=O) groups is 1. The van der Waals surface area contributed by atoms with Crippen molar-refractivity contribution in [2.75, 3.05) is 19.6 Å². The van der Waals surface area contributed by atoms with Crippen LogP contribution < -0.4 is 4.74 Å². The van der Waals surface area contributed by atoms with Gasteiger partial charge < -0.3 is 19.8 Å². The number of ether oxygens (including phenoxy) is 1. The number of amides is 1. The normalized spacial score (nSPS) is 32.3. The molecule has 3 fully saturated rings. The Bertz CT molecular complexity index is 1370. The molecule has 212 valence electrons. The van der Waals surface area contributed by atoms with E-state index in [9.17, 15) is 15.0 Å². The molecular weight excluding hydrogens is 500 g/mol. The summed E-state index contributed by atoms with van der Waals surface area (Å²) in [7, 11) is 0. The zero-order chi connectivity index (χ0) is 27.8. The summed E-state index contributed by atoms with van der Waals surface area (Å²) in [6.45, 7) is 8.92. The maximum absolute atomic E-state index is 13.9. The Morgan fingerprint density at radius 1 is 1.20 bits per heavy atom. The molecule has 2 aliphatic heterocycles. The van der Waals surface area contributed by atoms with E-state index in [-0.39, 0.29) is 29.7 Å². The van der Waals surface area contributed by atoms with Gasteiger partial charge in [0.1, 0.15) is 6.10 Å². The molecule has 5 aliphatic rings. The molecule has 5 atom stereocenters. The van der Waals surface area contributed by atoms with Crippen LogP contribution in [0.5, 0.6) is 11.5 Å². The highest BCUT2D eigenvalue weighted by molar-refractivity contribution is 5.92. The lowest BCUT2D eigenvalue weighted by atomic mass is 9.48. The number of likely N-dealkylation sites (tertiary alicyclic amines) is 1. The second-order valence-electron chi connectivity index (χ2n) is 13.5. The average Bonchev–Trinajstić information content (AvgIpc) is 3.66. The summed E-state index contributed by atoms with van der Waals surface area (Å²) in [4.78, 5) is 18.5. The van der Waals surface area contributed by atoms with E-state index >= 15 is 0 Å². The topological polar surface area (TPSA) is 73.2 Å². The van der Waals surface area contributed by atoms with Gasteiger partial charge in [0.15, 0.2) is 11.5 Å². The van der Waals surface area contributed by atoms with Gasteiger partial charge >= 0.3 is 0 Å². The lowest BCUT2D eigenvalue weighted by Gasteiger charge is -2.65. The molecule has 3 aliphatic carbocycles. The number of hydrogen-bond donors (Lipinski definition) is 2. The molecule has 40 heavy (non-hydrogen) atoms. The van der Waals surface area contributed by atoms with Gasteiger partial charge in [0, 0.05) is 30.8 Å². The third-order valence-corrected chi connectivity index (χ3v) is 10.4. The van der Waals surface area contributed by atoms with Crippen LogP contribution in [0.3, 0.4) is 0 Å². The minimum Gasteiger partial charge on any atom is -0.504 e. The monoisotopic (exact) mass is 542 g/mol. The molecule has 7 rings (SSSR count). The van der Waals surface area contributed by atoms with Crippen molar-refractivity contribution in [3.63, 3.8) is 0 Å². The highest BCUT2D eigenvalue weighted by Gasteiger charge is 2.73. The maximum atomic E-state index is 13.9. The first kappa shape index (κ1) is 26.1. The van der Waals surface area contributed by atoms with Gasteiger partial charge in [-0.2, -0.15) is 0 Å². The SMILES string of the molecule is Cc1cccc(/C=C/C(=O)N(CC(C)C)[C@@H]2CC[C@@]3(O)[C@H]4Cc5ccc(O)c6c5[C@@]3(CCN4CC3CC3)[C@H]2O6)c1. The largest absolute Gasteiger partial charge is 0.504 e. The smallest absolute Gasteiger partial charge is 0.246 e. The van der Waals surface area contributed by atoms with Crippen molar-refractivity contribution in [2.45, 2.75) is 88.5 Å². The van der Waals surface area contributed by atoms with Crippen LogP contribution in [0.1, 0.15) is 68.2 Å². The number of benzene rings is 2. The summed E-state index contributed by atoms with van der Waals surface area (Å²) in [6, 6.07) is 11.8. The van der Waals surface area contributed by atoms with E-state index in [1.807, 2.05) is 29.2 Å². The van der Waals surface area contributed by atoms with E-state index in [2.05, 4.69) is 37.8 Å². The van der Waals surface area contributed by atoms with Crippen molar-refractivity contribution in [1.29, 1.82) is 0 Å². The van der Waals surface area contributed by atoms with Gasteiger partial charge in [-0.25, -0.2) is 0 Å². The molecule has 1 spiro atoms. The summed E-state index contributed by atoms with van der Waals surface area (Å²) in [5.41, 5.74) is 2.79. The predicted molar refractivity (Wildman–Crippen MR) is 155 cm³/mol. The Hall–Kier alpha value is -2.83. The van der Waals surface area contributed by atoms with Gasteiger partial charge in [0.05, 0.1) is 17.1 Å². The van der Waals surface area contributed by atoms with Crippen LogP contribution in [0, 0.1) is 18.8 Å². The van der Waals surface area contributed by atoms with Crippen LogP contribution in [0.4, 0.5) is 0 Å². The fourth-order valence-electron chi connectivity index (χ4n) is 8.59. The Balaban J connectivity index is 1.28. The molecule has 0 unspecified atom stereocenters. The summed E-state index contributed by atoms with van der Waals surface area (Å²) in [6.07, 6.45) is 8.65. The molecule has 2 aromatic rings. The van der Waals surface area contributed by atoms with Gasteiger partial charge in [-0.1, -0.05) is 49.7 Å². The van der Waals surface area contributed by atoms with E-state index in [0.29, 0.717) is 25.1 Å². The number of aromatic hydroxyl groups is 1. The molecule has 1 saturated heterocycles. The number of rotatable bonds is 7. The third kappa shape index (κ3) is 3.86. The number of aryl methyl sites for hydroxylation is 1. The number of hydrogen-bond acceptors (Lipinski definition) is 5. The van der Waals surface area contributed by atoms with Gasteiger partial charge in [0.2, 0.25) is 5.91 Å². The molecule has 6 heteroatoms. The van der Waals surface area contributed by atoms with E-state index in [1.165, 1.54) is 18.4 Å². The van der Waals surface area contributed by atoms with Gasteiger partial charge in [-0.3, -0.25) is 9.69 Å². The second kappa shape index (κ2) is 9.35. The van der Waals surface area contributed by atoms with Crippen molar-refractivity contribution in [3.8, 4) is 11.5 Å².